The van der Waals surface area contributed by atoms with E-state index in [1.807, 2.05) is 0 Å². The normalized spacial score (nSPS) is 21.7. The van der Waals surface area contributed by atoms with Gasteiger partial charge in [0.1, 0.15) is 0 Å². The second-order valence-electron chi connectivity index (χ2n) is 4.47. The number of hydrogen-bond acceptors (Lipinski definition) is 3. The van der Waals surface area contributed by atoms with E-state index in [1.54, 1.807) is 18.2 Å². The smallest absolute Gasteiger partial charge is 0.332 e. The average Bonchev–Trinajstić information content (AvgIpc) is 2.88. The summed E-state index contributed by atoms with van der Waals surface area (Å²) in [5, 5.41) is 11.9. The Bertz CT molecular complexity index is 537. The molecule has 7 heteroatoms. The van der Waals surface area contributed by atoms with E-state index in [4.69, 9.17) is 21.4 Å². The van der Waals surface area contributed by atoms with Crippen molar-refractivity contribution in [3.63, 3.8) is 0 Å². The van der Waals surface area contributed by atoms with Gasteiger partial charge in [-0.3, -0.25) is 4.79 Å². The molecule has 20 heavy (non-hydrogen) atoms. The van der Waals surface area contributed by atoms with Gasteiger partial charge < -0.3 is 15.2 Å². The average molecular weight is 363 g/mol. The monoisotopic (exact) mass is 361 g/mol. The van der Waals surface area contributed by atoms with Gasteiger partial charge in [-0.15, -0.1) is 0 Å². The molecule has 0 spiro atoms. The Labute approximate surface area is 129 Å². The molecule has 0 saturated carbocycles. The van der Waals surface area contributed by atoms with Crippen LogP contribution >= 0.6 is 27.5 Å². The molecule has 0 bridgehead atoms. The fraction of sp³-hybridized carbons (Fsp3) is 0.385. The molecule has 1 heterocycles. The number of carbonyl (C=O) groups excluding carboxylic acids is 1. The maximum Gasteiger partial charge on any atom is 0.332 e. The minimum absolute atomic E-state index is 0.269. The molecule has 5 nitrogen and oxygen atoms in total. The molecule has 1 aromatic rings. The number of halogens is 2. The van der Waals surface area contributed by atoms with Crippen molar-refractivity contribution in [2.75, 3.05) is 6.54 Å². The third-order valence-electron chi connectivity index (χ3n) is 3.07. The molecule has 1 saturated heterocycles. The Kier molecular flexibility index (Phi) is 5.01. The van der Waals surface area contributed by atoms with E-state index in [0.29, 0.717) is 27.9 Å². The number of benzene rings is 1. The summed E-state index contributed by atoms with van der Waals surface area (Å²) < 4.78 is 5.95. The number of ether oxygens (including phenoxy) is 1. The molecule has 2 unspecified atom stereocenters. The molecule has 1 aliphatic heterocycles. The molecule has 2 rings (SSSR count). The van der Waals surface area contributed by atoms with Crippen molar-refractivity contribution in [1.29, 1.82) is 0 Å². The highest BCUT2D eigenvalue weighted by atomic mass is 79.9. The molecule has 1 aromatic carbocycles. The lowest BCUT2D eigenvalue weighted by Gasteiger charge is -2.13. The zero-order chi connectivity index (χ0) is 14.7. The Morgan fingerprint density at radius 3 is 2.85 bits per heavy atom. The van der Waals surface area contributed by atoms with Crippen LogP contribution in [0.3, 0.4) is 0 Å². The molecule has 0 radical (unpaired) electrons. The van der Waals surface area contributed by atoms with Crippen LogP contribution in [0.2, 0.25) is 5.02 Å². The van der Waals surface area contributed by atoms with E-state index >= 15 is 0 Å². The third kappa shape index (κ3) is 3.50. The summed E-state index contributed by atoms with van der Waals surface area (Å²) in [6, 6.07) is 5.09. The van der Waals surface area contributed by atoms with Gasteiger partial charge in [-0.1, -0.05) is 17.7 Å². The number of aliphatic carboxylic acids is 1. The number of rotatable bonds is 4. The van der Waals surface area contributed by atoms with Crippen LogP contribution in [0.4, 0.5) is 0 Å². The SMILES string of the molecule is O=C(NCC1CCC(C(=O)O)O1)c1cccc(Br)c1Cl. The zero-order valence-electron chi connectivity index (χ0n) is 10.4. The minimum Gasteiger partial charge on any atom is -0.479 e. The second kappa shape index (κ2) is 6.56. The van der Waals surface area contributed by atoms with E-state index in [-0.39, 0.29) is 18.6 Å². The van der Waals surface area contributed by atoms with E-state index in [1.165, 1.54) is 0 Å². The van der Waals surface area contributed by atoms with Crippen molar-refractivity contribution in [3.8, 4) is 0 Å². The standard InChI is InChI=1S/C13H13BrClNO4/c14-9-3-1-2-8(11(9)15)12(17)16-6-7-4-5-10(20-7)13(18)19/h1-3,7,10H,4-6H2,(H,16,17)(H,18,19). The van der Waals surface area contributed by atoms with Crippen LogP contribution in [0.1, 0.15) is 23.2 Å². The summed E-state index contributed by atoms with van der Waals surface area (Å²) in [5.41, 5.74) is 0.369. The van der Waals surface area contributed by atoms with E-state index < -0.39 is 12.1 Å². The van der Waals surface area contributed by atoms with Crippen LogP contribution < -0.4 is 5.32 Å². The first-order chi connectivity index (χ1) is 9.49. The molecule has 1 fully saturated rings. The Balaban J connectivity index is 1.90. The molecule has 1 amide bonds. The van der Waals surface area contributed by atoms with E-state index in [2.05, 4.69) is 21.2 Å². The first-order valence-electron chi connectivity index (χ1n) is 6.09. The first-order valence-corrected chi connectivity index (χ1v) is 7.26. The number of carboxylic acid groups (broad SMARTS) is 1. The summed E-state index contributed by atoms with van der Waals surface area (Å²) in [7, 11) is 0. The third-order valence-corrected chi connectivity index (χ3v) is 4.37. The predicted molar refractivity (Wildman–Crippen MR) is 77.0 cm³/mol. The summed E-state index contributed by atoms with van der Waals surface area (Å²) >= 11 is 9.29. The first kappa shape index (κ1) is 15.3. The Hall–Kier alpha value is -1.11. The summed E-state index contributed by atoms with van der Waals surface area (Å²) in [6.45, 7) is 0.269. The largest absolute Gasteiger partial charge is 0.479 e. The molecular formula is C13H13BrClNO4. The van der Waals surface area contributed by atoms with Crippen LogP contribution in [0.25, 0.3) is 0 Å². The molecule has 2 N–H and O–H groups in total. The highest BCUT2D eigenvalue weighted by Gasteiger charge is 2.30. The zero-order valence-corrected chi connectivity index (χ0v) is 12.8. The van der Waals surface area contributed by atoms with Crippen molar-refractivity contribution in [2.24, 2.45) is 0 Å². The highest BCUT2D eigenvalue weighted by molar-refractivity contribution is 9.10. The number of nitrogens with one attached hydrogen (secondary N) is 1. The fourth-order valence-corrected chi connectivity index (χ4v) is 2.60. The molecule has 108 valence electrons. The van der Waals surface area contributed by atoms with Crippen molar-refractivity contribution in [3.05, 3.63) is 33.3 Å². The van der Waals surface area contributed by atoms with Gasteiger partial charge in [0.25, 0.3) is 5.91 Å². The second-order valence-corrected chi connectivity index (χ2v) is 5.71. The quantitative estimate of drug-likeness (QED) is 0.863. The highest BCUT2D eigenvalue weighted by Crippen LogP contribution is 2.26. The predicted octanol–water partition coefficient (Wildman–Crippen LogP) is 2.46. The minimum atomic E-state index is -0.964. The van der Waals surface area contributed by atoms with Gasteiger partial charge in [0.05, 0.1) is 16.7 Å². The van der Waals surface area contributed by atoms with Crippen LogP contribution in [-0.2, 0) is 9.53 Å². The van der Waals surface area contributed by atoms with Gasteiger partial charge in [0, 0.05) is 11.0 Å². The van der Waals surface area contributed by atoms with Crippen molar-refractivity contribution < 1.29 is 19.4 Å². The summed E-state index contributed by atoms with van der Waals surface area (Å²) in [4.78, 5) is 22.8. The van der Waals surface area contributed by atoms with Crippen molar-refractivity contribution in [1.82, 2.24) is 5.32 Å². The number of carboxylic acids is 1. The van der Waals surface area contributed by atoms with Gasteiger partial charge in [-0.05, 0) is 40.9 Å². The van der Waals surface area contributed by atoms with Crippen LogP contribution in [0, 0.1) is 0 Å². The Morgan fingerprint density at radius 2 is 2.20 bits per heavy atom. The van der Waals surface area contributed by atoms with Gasteiger partial charge in [-0.25, -0.2) is 4.79 Å². The maximum absolute atomic E-state index is 12.0. The summed E-state index contributed by atoms with van der Waals surface area (Å²) in [5.74, 6) is -1.27. The van der Waals surface area contributed by atoms with E-state index in [9.17, 15) is 9.59 Å². The molecule has 0 aromatic heterocycles. The lowest BCUT2D eigenvalue weighted by molar-refractivity contribution is -0.149. The summed E-state index contributed by atoms with van der Waals surface area (Å²) in [6.07, 6.45) is 0.0362. The molecular weight excluding hydrogens is 350 g/mol. The van der Waals surface area contributed by atoms with E-state index in [0.717, 1.165) is 0 Å². The molecule has 0 aliphatic carbocycles. The topological polar surface area (TPSA) is 75.6 Å². The van der Waals surface area contributed by atoms with Crippen molar-refractivity contribution in [2.45, 2.75) is 25.0 Å². The van der Waals surface area contributed by atoms with Crippen molar-refractivity contribution >= 4 is 39.4 Å². The number of carbonyl (C=O) groups is 2. The number of amides is 1. The van der Waals surface area contributed by atoms with Crippen LogP contribution in [0.15, 0.2) is 22.7 Å². The van der Waals surface area contributed by atoms with Crippen LogP contribution in [0.5, 0.6) is 0 Å². The molecule has 2 atom stereocenters. The Morgan fingerprint density at radius 1 is 1.45 bits per heavy atom. The fourth-order valence-electron chi connectivity index (χ4n) is 2.02. The lowest BCUT2D eigenvalue weighted by atomic mass is 10.2. The number of hydrogen-bond donors (Lipinski definition) is 2. The van der Waals surface area contributed by atoms with Gasteiger partial charge in [0.2, 0.25) is 0 Å². The van der Waals surface area contributed by atoms with Gasteiger partial charge in [0.15, 0.2) is 6.10 Å². The molecule has 1 aliphatic rings. The van der Waals surface area contributed by atoms with Crippen LogP contribution in [-0.4, -0.2) is 35.7 Å². The van der Waals surface area contributed by atoms with Gasteiger partial charge in [-0.2, -0.15) is 0 Å². The lowest BCUT2D eigenvalue weighted by Crippen LogP contribution is -2.33. The van der Waals surface area contributed by atoms with Gasteiger partial charge >= 0.3 is 5.97 Å². The maximum atomic E-state index is 12.0.